The predicted molar refractivity (Wildman–Crippen MR) is 127 cm³/mol. The fourth-order valence-corrected chi connectivity index (χ4v) is 5.70. The van der Waals surface area contributed by atoms with Crippen molar-refractivity contribution in [2.24, 2.45) is 0 Å². The summed E-state index contributed by atoms with van der Waals surface area (Å²) in [5.74, 6) is -0.284. The van der Waals surface area contributed by atoms with E-state index in [2.05, 4.69) is 16.3 Å². The molecule has 33 heavy (non-hydrogen) atoms. The van der Waals surface area contributed by atoms with Crippen LogP contribution in [0.2, 0.25) is 0 Å². The molecule has 2 aromatic heterocycles. The normalized spacial score (nSPS) is 18.5. The van der Waals surface area contributed by atoms with E-state index in [9.17, 15) is 14.9 Å². The molecule has 0 spiro atoms. The van der Waals surface area contributed by atoms with Gasteiger partial charge in [0.2, 0.25) is 5.91 Å². The number of hydrogen-bond acceptors (Lipinski definition) is 9. The molecule has 4 rings (SSSR count). The van der Waals surface area contributed by atoms with Crippen molar-refractivity contribution in [2.45, 2.75) is 25.4 Å². The SMILES string of the molecule is N#Cc1c(NC(=O)/C=C/c2ccsc2)sc2c1CCC(OC(=O)OCCN1CCOCC1)C2. The topological polar surface area (TPSA) is 101 Å². The van der Waals surface area contributed by atoms with Crippen LogP contribution in [0.5, 0.6) is 0 Å². The second-order valence-electron chi connectivity index (χ2n) is 7.73. The summed E-state index contributed by atoms with van der Waals surface area (Å²) in [5.41, 5.74) is 2.39. The zero-order valence-electron chi connectivity index (χ0n) is 18.1. The Kier molecular flexibility index (Phi) is 8.12. The minimum absolute atomic E-state index is 0.281. The molecule has 1 aliphatic carbocycles. The van der Waals surface area contributed by atoms with Gasteiger partial charge in [-0.3, -0.25) is 9.69 Å². The Balaban J connectivity index is 1.29. The number of ether oxygens (including phenoxy) is 3. The van der Waals surface area contributed by atoms with Gasteiger partial charge in [0.25, 0.3) is 0 Å². The van der Waals surface area contributed by atoms with Crippen LogP contribution in [-0.4, -0.2) is 62.5 Å². The third kappa shape index (κ3) is 6.42. The van der Waals surface area contributed by atoms with Crippen LogP contribution in [0.3, 0.4) is 0 Å². The standard InChI is InChI=1S/C23H25N3O5S2/c24-14-19-18-3-2-17(31-23(28)30-11-8-26-6-9-29-10-7-26)13-20(18)33-22(19)25-21(27)4-1-16-5-12-32-15-16/h1,4-5,12,15,17H,2-3,6-11,13H2,(H,25,27)/b4-1+. The Morgan fingerprint density at radius 2 is 2.21 bits per heavy atom. The van der Waals surface area contributed by atoms with Crippen molar-refractivity contribution in [3.05, 3.63) is 44.5 Å². The van der Waals surface area contributed by atoms with Gasteiger partial charge in [-0.1, -0.05) is 0 Å². The van der Waals surface area contributed by atoms with Crippen LogP contribution in [0.4, 0.5) is 9.80 Å². The average molecular weight is 488 g/mol. The molecule has 1 unspecified atom stereocenters. The lowest BCUT2D eigenvalue weighted by atomic mass is 9.94. The lowest BCUT2D eigenvalue weighted by molar-refractivity contribution is -0.111. The molecule has 10 heteroatoms. The van der Waals surface area contributed by atoms with Gasteiger partial charge in [-0.05, 0) is 46.9 Å². The number of anilines is 1. The first kappa shape index (κ1) is 23.4. The first-order valence-electron chi connectivity index (χ1n) is 10.8. The molecular formula is C23H25N3O5S2. The molecule has 1 N–H and O–H groups in total. The molecule has 1 saturated heterocycles. The Hall–Kier alpha value is -2.71. The van der Waals surface area contributed by atoms with E-state index in [0.717, 1.165) is 29.1 Å². The number of amides is 1. The van der Waals surface area contributed by atoms with Gasteiger partial charge in [-0.25, -0.2) is 4.79 Å². The molecule has 8 nitrogen and oxygen atoms in total. The van der Waals surface area contributed by atoms with Gasteiger partial charge in [0.15, 0.2) is 0 Å². The van der Waals surface area contributed by atoms with Gasteiger partial charge in [0, 0.05) is 37.0 Å². The highest BCUT2D eigenvalue weighted by molar-refractivity contribution is 7.16. The number of hydrogen-bond donors (Lipinski definition) is 1. The number of nitriles is 1. The maximum absolute atomic E-state index is 12.3. The van der Waals surface area contributed by atoms with Crippen molar-refractivity contribution in [3.63, 3.8) is 0 Å². The molecule has 0 aromatic carbocycles. The van der Waals surface area contributed by atoms with Crippen molar-refractivity contribution in [1.29, 1.82) is 5.26 Å². The minimum atomic E-state index is -0.666. The van der Waals surface area contributed by atoms with E-state index in [1.807, 2.05) is 16.8 Å². The smallest absolute Gasteiger partial charge is 0.433 e. The highest BCUT2D eigenvalue weighted by atomic mass is 32.1. The molecule has 0 saturated carbocycles. The second kappa shape index (κ2) is 11.4. The van der Waals surface area contributed by atoms with Gasteiger partial charge in [-0.15, -0.1) is 11.3 Å². The van der Waals surface area contributed by atoms with E-state index in [0.29, 0.717) is 49.6 Å². The van der Waals surface area contributed by atoms with Crippen LogP contribution in [0, 0.1) is 11.3 Å². The number of rotatable bonds is 7. The van der Waals surface area contributed by atoms with Crippen LogP contribution in [0.1, 0.15) is 28.0 Å². The maximum atomic E-state index is 12.3. The summed E-state index contributed by atoms with van der Waals surface area (Å²) in [6.45, 7) is 4.02. The molecule has 2 aliphatic rings. The van der Waals surface area contributed by atoms with E-state index in [1.54, 1.807) is 17.4 Å². The van der Waals surface area contributed by atoms with Crippen LogP contribution in [-0.2, 0) is 31.8 Å². The van der Waals surface area contributed by atoms with Crippen LogP contribution in [0.15, 0.2) is 22.9 Å². The summed E-state index contributed by atoms with van der Waals surface area (Å²) >= 11 is 2.93. The second-order valence-corrected chi connectivity index (χ2v) is 9.62. The lowest BCUT2D eigenvalue weighted by Gasteiger charge is -2.26. The quantitative estimate of drug-likeness (QED) is 0.470. The van der Waals surface area contributed by atoms with Crippen LogP contribution < -0.4 is 5.32 Å². The number of carbonyl (C=O) groups is 2. The Morgan fingerprint density at radius 1 is 1.36 bits per heavy atom. The molecule has 2 aromatic rings. The Labute approximate surface area is 200 Å². The summed E-state index contributed by atoms with van der Waals surface area (Å²) in [4.78, 5) is 27.6. The summed E-state index contributed by atoms with van der Waals surface area (Å²) in [7, 11) is 0. The molecule has 1 fully saturated rings. The van der Waals surface area contributed by atoms with Gasteiger partial charge in [0.05, 0.1) is 18.8 Å². The number of fused-ring (bicyclic) bond motifs is 1. The summed E-state index contributed by atoms with van der Waals surface area (Å²) < 4.78 is 16.0. The van der Waals surface area contributed by atoms with Crippen molar-refractivity contribution in [3.8, 4) is 6.07 Å². The average Bonchev–Trinajstić information content (AvgIpc) is 3.45. The molecule has 174 valence electrons. The first-order chi connectivity index (χ1) is 16.1. The predicted octanol–water partition coefficient (Wildman–Crippen LogP) is 3.68. The molecule has 1 atom stereocenters. The monoisotopic (exact) mass is 487 g/mol. The number of morpholine rings is 1. The van der Waals surface area contributed by atoms with E-state index in [4.69, 9.17) is 14.2 Å². The first-order valence-corrected chi connectivity index (χ1v) is 12.6. The third-order valence-electron chi connectivity index (χ3n) is 5.53. The summed E-state index contributed by atoms with van der Waals surface area (Å²) in [6, 6.07) is 4.14. The number of thiophene rings is 2. The fraction of sp³-hybridized carbons (Fsp3) is 0.435. The van der Waals surface area contributed by atoms with Gasteiger partial charge >= 0.3 is 6.16 Å². The van der Waals surface area contributed by atoms with Crippen molar-refractivity contribution in [1.82, 2.24) is 4.90 Å². The largest absolute Gasteiger partial charge is 0.508 e. The number of nitrogens with zero attached hydrogens (tertiary/aromatic N) is 2. The van der Waals surface area contributed by atoms with E-state index < -0.39 is 6.16 Å². The molecule has 3 heterocycles. The highest BCUT2D eigenvalue weighted by Gasteiger charge is 2.28. The van der Waals surface area contributed by atoms with Crippen molar-refractivity contribution >= 4 is 45.8 Å². The Bertz CT molecular complexity index is 1040. The molecule has 0 radical (unpaired) electrons. The fourth-order valence-electron chi connectivity index (χ4n) is 3.81. The van der Waals surface area contributed by atoms with Crippen molar-refractivity contribution < 1.29 is 23.8 Å². The van der Waals surface area contributed by atoms with E-state index >= 15 is 0 Å². The molecule has 0 bridgehead atoms. The summed E-state index contributed by atoms with van der Waals surface area (Å²) in [6.07, 6.45) is 3.96. The highest BCUT2D eigenvalue weighted by Crippen LogP contribution is 2.38. The molecular weight excluding hydrogens is 462 g/mol. The molecule has 1 amide bonds. The van der Waals surface area contributed by atoms with Gasteiger partial charge in [0.1, 0.15) is 23.8 Å². The lowest BCUT2D eigenvalue weighted by Crippen LogP contribution is -2.38. The van der Waals surface area contributed by atoms with Crippen LogP contribution >= 0.6 is 22.7 Å². The third-order valence-corrected chi connectivity index (χ3v) is 7.40. The van der Waals surface area contributed by atoms with Crippen LogP contribution in [0.25, 0.3) is 6.08 Å². The summed E-state index contributed by atoms with van der Waals surface area (Å²) in [5, 5.41) is 16.9. The van der Waals surface area contributed by atoms with Crippen molar-refractivity contribution in [2.75, 3.05) is 44.8 Å². The van der Waals surface area contributed by atoms with E-state index in [-0.39, 0.29) is 18.6 Å². The maximum Gasteiger partial charge on any atom is 0.508 e. The number of nitrogens with one attached hydrogen (secondary N) is 1. The zero-order valence-corrected chi connectivity index (χ0v) is 19.7. The van der Waals surface area contributed by atoms with E-state index in [1.165, 1.54) is 17.4 Å². The zero-order chi connectivity index (χ0) is 23.0. The van der Waals surface area contributed by atoms with Gasteiger partial charge in [-0.2, -0.15) is 16.6 Å². The van der Waals surface area contributed by atoms with Gasteiger partial charge < -0.3 is 19.5 Å². The molecule has 1 aliphatic heterocycles. The number of carbonyl (C=O) groups excluding carboxylic acids is 2. The minimum Gasteiger partial charge on any atom is -0.433 e. The Morgan fingerprint density at radius 3 is 2.97 bits per heavy atom.